The van der Waals surface area contributed by atoms with Crippen molar-refractivity contribution in [2.24, 2.45) is 0 Å². The molecule has 0 atom stereocenters. The molecule has 1 aromatic heterocycles. The van der Waals surface area contributed by atoms with E-state index in [-0.39, 0.29) is 6.61 Å². The molecule has 4 nitrogen and oxygen atoms in total. The number of aliphatic carboxylic acids is 1. The van der Waals surface area contributed by atoms with E-state index in [1.807, 2.05) is 13.0 Å². The molecule has 0 amide bonds. The number of benzene rings is 3. The van der Waals surface area contributed by atoms with Gasteiger partial charge in [-0.15, -0.1) is 11.3 Å². The summed E-state index contributed by atoms with van der Waals surface area (Å²) in [5, 5.41) is 8.81. The lowest BCUT2D eigenvalue weighted by molar-refractivity contribution is -0.139. The normalized spacial score (nSPS) is 11.3. The molecule has 0 unspecified atom stereocenters. The van der Waals surface area contributed by atoms with Crippen LogP contribution in [0.1, 0.15) is 21.6 Å². The van der Waals surface area contributed by atoms with Crippen LogP contribution in [-0.2, 0) is 4.79 Å². The fourth-order valence-corrected chi connectivity index (χ4v) is 4.90. The van der Waals surface area contributed by atoms with E-state index in [0.717, 1.165) is 22.3 Å². The lowest BCUT2D eigenvalue weighted by Crippen LogP contribution is -2.10. The highest BCUT2D eigenvalue weighted by atomic mass is 127. The van der Waals surface area contributed by atoms with Crippen molar-refractivity contribution in [1.29, 1.82) is 0 Å². The fourth-order valence-electron chi connectivity index (χ4n) is 3.67. The second-order valence-corrected chi connectivity index (χ2v) is 10.6. The SMILES string of the molecule is Cc1ccc(-c2ccc(/C(=C\COc3ccc(OCC(=O)O)c(C)c3)c3ccc(I)cc3)cc2)s1. The van der Waals surface area contributed by atoms with Gasteiger partial charge in [0.15, 0.2) is 6.61 Å². The van der Waals surface area contributed by atoms with Gasteiger partial charge in [-0.3, -0.25) is 0 Å². The molecule has 4 rings (SSSR count). The van der Waals surface area contributed by atoms with E-state index >= 15 is 0 Å². The summed E-state index contributed by atoms with van der Waals surface area (Å²) in [6.45, 7) is 4.02. The van der Waals surface area contributed by atoms with Gasteiger partial charge in [0, 0.05) is 13.3 Å². The highest BCUT2D eigenvalue weighted by molar-refractivity contribution is 14.1. The number of ether oxygens (including phenoxy) is 2. The number of carboxylic acid groups (broad SMARTS) is 1. The van der Waals surface area contributed by atoms with E-state index in [2.05, 4.69) is 96.3 Å². The van der Waals surface area contributed by atoms with Gasteiger partial charge in [-0.25, -0.2) is 4.79 Å². The predicted molar refractivity (Wildman–Crippen MR) is 151 cm³/mol. The summed E-state index contributed by atoms with van der Waals surface area (Å²) >= 11 is 4.11. The third kappa shape index (κ3) is 6.74. The lowest BCUT2D eigenvalue weighted by atomic mass is 9.96. The quantitative estimate of drug-likeness (QED) is 0.202. The molecule has 3 aromatic carbocycles. The molecule has 0 saturated carbocycles. The Kier molecular flexibility index (Phi) is 8.25. The average molecular weight is 596 g/mol. The first-order valence-corrected chi connectivity index (χ1v) is 13.0. The van der Waals surface area contributed by atoms with Gasteiger partial charge in [0.2, 0.25) is 0 Å². The van der Waals surface area contributed by atoms with Crippen molar-refractivity contribution >= 4 is 45.5 Å². The number of hydrogen-bond donors (Lipinski definition) is 1. The Morgan fingerprint density at radius 2 is 1.60 bits per heavy atom. The minimum atomic E-state index is -1.00. The molecule has 0 aliphatic rings. The Bertz CT molecular complexity index is 1340. The monoisotopic (exact) mass is 596 g/mol. The zero-order valence-corrected chi connectivity index (χ0v) is 22.4. The largest absolute Gasteiger partial charge is 0.489 e. The molecule has 0 fully saturated rings. The standard InChI is InChI=1S/C29H25IO4S/c1-19-17-25(12-13-27(19)34-18-29(31)32)33-16-15-26(22-8-10-24(30)11-9-22)21-4-6-23(7-5-21)28-14-3-20(2)35-28/h3-15,17H,16,18H2,1-2H3,(H,31,32)/b26-15+. The molecule has 1 N–H and O–H groups in total. The molecule has 0 bridgehead atoms. The maximum absolute atomic E-state index is 10.7. The van der Waals surface area contributed by atoms with Crippen LogP contribution < -0.4 is 9.47 Å². The van der Waals surface area contributed by atoms with E-state index < -0.39 is 5.97 Å². The first-order chi connectivity index (χ1) is 16.9. The Morgan fingerprint density at radius 1 is 0.914 bits per heavy atom. The second kappa shape index (κ2) is 11.6. The van der Waals surface area contributed by atoms with Crippen LogP contribution in [0.15, 0.2) is 84.9 Å². The molecule has 1 heterocycles. The summed E-state index contributed by atoms with van der Waals surface area (Å²) < 4.78 is 12.5. The third-order valence-corrected chi connectivity index (χ3v) is 7.18. The van der Waals surface area contributed by atoms with Crippen LogP contribution in [0.3, 0.4) is 0 Å². The molecule has 0 spiro atoms. The number of hydrogen-bond acceptors (Lipinski definition) is 4. The van der Waals surface area contributed by atoms with E-state index in [9.17, 15) is 4.79 Å². The average Bonchev–Trinajstić information content (AvgIpc) is 3.28. The molecule has 6 heteroatoms. The molecular formula is C29H25IO4S. The van der Waals surface area contributed by atoms with Crippen LogP contribution in [0, 0.1) is 17.4 Å². The van der Waals surface area contributed by atoms with E-state index in [1.165, 1.54) is 18.9 Å². The van der Waals surface area contributed by atoms with Gasteiger partial charge in [0.25, 0.3) is 0 Å². The number of carboxylic acids is 1. The smallest absolute Gasteiger partial charge is 0.341 e. The lowest BCUT2D eigenvalue weighted by Gasteiger charge is -2.12. The summed E-state index contributed by atoms with van der Waals surface area (Å²) in [7, 11) is 0. The molecule has 0 aliphatic heterocycles. The summed E-state index contributed by atoms with van der Waals surface area (Å²) in [5.41, 5.74) is 5.40. The number of carbonyl (C=O) groups is 1. The Labute approximate surface area is 223 Å². The van der Waals surface area contributed by atoms with Crippen molar-refractivity contribution in [1.82, 2.24) is 0 Å². The number of thiophene rings is 1. The minimum absolute atomic E-state index is 0.367. The van der Waals surface area contributed by atoms with E-state index in [0.29, 0.717) is 18.1 Å². The highest BCUT2D eigenvalue weighted by Gasteiger charge is 2.09. The van der Waals surface area contributed by atoms with Crippen molar-refractivity contribution < 1.29 is 19.4 Å². The Hall–Kier alpha value is -3.10. The van der Waals surface area contributed by atoms with Gasteiger partial charge in [0.05, 0.1) is 0 Å². The van der Waals surface area contributed by atoms with Crippen molar-refractivity contribution in [3.63, 3.8) is 0 Å². The van der Waals surface area contributed by atoms with Crippen LogP contribution in [0.4, 0.5) is 0 Å². The first kappa shape index (κ1) is 25.0. The number of halogens is 1. The molecule has 0 saturated heterocycles. The maximum Gasteiger partial charge on any atom is 0.341 e. The molecule has 0 radical (unpaired) electrons. The van der Waals surface area contributed by atoms with Crippen molar-refractivity contribution in [3.05, 3.63) is 110 Å². The number of aryl methyl sites for hydroxylation is 2. The fraction of sp³-hybridized carbons (Fsp3) is 0.138. The maximum atomic E-state index is 10.7. The molecule has 35 heavy (non-hydrogen) atoms. The molecule has 0 aliphatic carbocycles. The summed E-state index contributed by atoms with van der Waals surface area (Å²) in [5.74, 6) is 0.235. The zero-order valence-electron chi connectivity index (χ0n) is 19.5. The second-order valence-electron chi connectivity index (χ2n) is 8.03. The highest BCUT2D eigenvalue weighted by Crippen LogP contribution is 2.31. The van der Waals surface area contributed by atoms with Crippen LogP contribution in [0.25, 0.3) is 16.0 Å². The molecule has 178 valence electrons. The topological polar surface area (TPSA) is 55.8 Å². The van der Waals surface area contributed by atoms with Crippen LogP contribution in [0.2, 0.25) is 0 Å². The first-order valence-electron chi connectivity index (χ1n) is 11.1. The summed E-state index contributed by atoms with van der Waals surface area (Å²) in [6, 6.07) is 26.8. The zero-order chi connectivity index (χ0) is 24.8. The third-order valence-electron chi connectivity index (χ3n) is 5.41. The summed E-state index contributed by atoms with van der Waals surface area (Å²) in [4.78, 5) is 13.3. The van der Waals surface area contributed by atoms with Crippen LogP contribution >= 0.6 is 33.9 Å². The molecule has 4 aromatic rings. The number of rotatable bonds is 9. The van der Waals surface area contributed by atoms with Crippen LogP contribution in [-0.4, -0.2) is 24.3 Å². The van der Waals surface area contributed by atoms with Crippen molar-refractivity contribution in [2.75, 3.05) is 13.2 Å². The minimum Gasteiger partial charge on any atom is -0.489 e. The Morgan fingerprint density at radius 3 is 2.20 bits per heavy atom. The predicted octanol–water partition coefficient (Wildman–Crippen LogP) is 7.61. The van der Waals surface area contributed by atoms with Crippen molar-refractivity contribution in [2.45, 2.75) is 13.8 Å². The van der Waals surface area contributed by atoms with Crippen LogP contribution in [0.5, 0.6) is 11.5 Å². The van der Waals surface area contributed by atoms with E-state index in [4.69, 9.17) is 14.6 Å². The van der Waals surface area contributed by atoms with E-state index in [1.54, 1.807) is 23.5 Å². The summed E-state index contributed by atoms with van der Waals surface area (Å²) in [6.07, 6.45) is 2.09. The van der Waals surface area contributed by atoms with Gasteiger partial charge in [-0.2, -0.15) is 0 Å². The Balaban J connectivity index is 1.54. The van der Waals surface area contributed by atoms with Gasteiger partial charge in [0.1, 0.15) is 18.1 Å². The van der Waals surface area contributed by atoms with Gasteiger partial charge >= 0.3 is 5.97 Å². The van der Waals surface area contributed by atoms with Gasteiger partial charge in [-0.1, -0.05) is 36.4 Å². The van der Waals surface area contributed by atoms with Gasteiger partial charge in [-0.05, 0) is 113 Å². The van der Waals surface area contributed by atoms with Crippen molar-refractivity contribution in [3.8, 4) is 21.9 Å². The molecular weight excluding hydrogens is 571 g/mol. The van der Waals surface area contributed by atoms with Gasteiger partial charge < -0.3 is 14.6 Å².